The summed E-state index contributed by atoms with van der Waals surface area (Å²) in [5.41, 5.74) is 2.38. The number of nitrogens with zero attached hydrogens (tertiary/aromatic N) is 1. The fourth-order valence-corrected chi connectivity index (χ4v) is 2.90. The van der Waals surface area contributed by atoms with Gasteiger partial charge in [0.1, 0.15) is 0 Å². The van der Waals surface area contributed by atoms with Gasteiger partial charge in [-0.3, -0.25) is 14.5 Å². The molecule has 0 bridgehead atoms. The molecule has 2 rings (SSSR count). The van der Waals surface area contributed by atoms with Crippen LogP contribution in [0, 0.1) is 6.92 Å². The highest BCUT2D eigenvalue weighted by molar-refractivity contribution is 9.10. The Bertz CT molecular complexity index is 796. The third-order valence-electron chi connectivity index (χ3n) is 4.01. The summed E-state index contributed by atoms with van der Waals surface area (Å²) >= 11 is 9.23. The van der Waals surface area contributed by atoms with E-state index in [0.29, 0.717) is 10.7 Å². The van der Waals surface area contributed by atoms with Crippen LogP contribution in [0.1, 0.15) is 12.5 Å². The van der Waals surface area contributed by atoms with Crippen molar-refractivity contribution in [3.05, 3.63) is 57.5 Å². The summed E-state index contributed by atoms with van der Waals surface area (Å²) in [5.74, 6) is -0.369. The van der Waals surface area contributed by atoms with Crippen molar-refractivity contribution < 1.29 is 9.59 Å². The second-order valence-corrected chi connectivity index (χ2v) is 7.45. The van der Waals surface area contributed by atoms with Gasteiger partial charge in [0.25, 0.3) is 0 Å². The van der Waals surface area contributed by atoms with E-state index in [9.17, 15) is 9.59 Å². The standard InChI is InChI=1S/C19H21BrClN3O2/c1-12-10-14(20)4-9-17(12)23-18(25)11-24(3)13(2)19(26)22-16-7-5-15(21)6-8-16/h4-10,13H,11H2,1-3H3,(H,22,26)(H,23,25). The number of hydrogen-bond donors (Lipinski definition) is 2. The quantitative estimate of drug-likeness (QED) is 0.706. The van der Waals surface area contributed by atoms with Crippen LogP contribution in [0.2, 0.25) is 5.02 Å². The van der Waals surface area contributed by atoms with E-state index in [1.165, 1.54) is 0 Å². The van der Waals surface area contributed by atoms with Gasteiger partial charge >= 0.3 is 0 Å². The summed E-state index contributed by atoms with van der Waals surface area (Å²) in [6, 6.07) is 12.1. The highest BCUT2D eigenvalue weighted by atomic mass is 79.9. The molecule has 138 valence electrons. The molecule has 0 fully saturated rings. The summed E-state index contributed by atoms with van der Waals surface area (Å²) in [7, 11) is 1.74. The van der Waals surface area contributed by atoms with E-state index in [2.05, 4.69) is 26.6 Å². The molecule has 0 aliphatic carbocycles. The molecule has 0 radical (unpaired) electrons. The maximum Gasteiger partial charge on any atom is 0.241 e. The number of amides is 2. The van der Waals surface area contributed by atoms with Crippen LogP contribution in [0.5, 0.6) is 0 Å². The van der Waals surface area contributed by atoms with Crippen molar-refractivity contribution in [2.45, 2.75) is 19.9 Å². The van der Waals surface area contributed by atoms with Crippen molar-refractivity contribution >= 4 is 50.7 Å². The second kappa shape index (κ2) is 9.16. The van der Waals surface area contributed by atoms with Crippen molar-refractivity contribution in [2.24, 2.45) is 0 Å². The smallest absolute Gasteiger partial charge is 0.241 e. The van der Waals surface area contributed by atoms with Gasteiger partial charge in [-0.15, -0.1) is 0 Å². The van der Waals surface area contributed by atoms with Gasteiger partial charge in [0.15, 0.2) is 0 Å². The van der Waals surface area contributed by atoms with Gasteiger partial charge < -0.3 is 10.6 Å². The highest BCUT2D eigenvalue weighted by Gasteiger charge is 2.20. The Morgan fingerprint density at radius 2 is 1.81 bits per heavy atom. The maximum absolute atomic E-state index is 12.3. The van der Waals surface area contributed by atoms with Crippen LogP contribution < -0.4 is 10.6 Å². The number of halogens is 2. The lowest BCUT2D eigenvalue weighted by molar-refractivity contribution is -0.122. The van der Waals surface area contributed by atoms with Crippen molar-refractivity contribution in [3.8, 4) is 0 Å². The van der Waals surface area contributed by atoms with Gasteiger partial charge in [-0.05, 0) is 68.9 Å². The van der Waals surface area contributed by atoms with Gasteiger partial charge in [-0.1, -0.05) is 27.5 Å². The predicted molar refractivity (Wildman–Crippen MR) is 110 cm³/mol. The number of rotatable bonds is 6. The minimum absolute atomic E-state index is 0.102. The fourth-order valence-electron chi connectivity index (χ4n) is 2.30. The topological polar surface area (TPSA) is 61.4 Å². The number of likely N-dealkylation sites (N-methyl/N-ethyl adjacent to an activating group) is 1. The predicted octanol–water partition coefficient (Wildman–Crippen LogP) is 4.31. The average molecular weight is 439 g/mol. The lowest BCUT2D eigenvalue weighted by Crippen LogP contribution is -2.43. The Balaban J connectivity index is 1.90. The van der Waals surface area contributed by atoms with Crippen LogP contribution in [0.3, 0.4) is 0 Å². The number of benzene rings is 2. The van der Waals surface area contributed by atoms with Gasteiger partial charge in [-0.2, -0.15) is 0 Å². The van der Waals surface area contributed by atoms with Gasteiger partial charge in [0, 0.05) is 20.9 Å². The maximum atomic E-state index is 12.3. The van der Waals surface area contributed by atoms with Crippen molar-refractivity contribution in [2.75, 3.05) is 24.2 Å². The van der Waals surface area contributed by atoms with Crippen LogP contribution in [0.25, 0.3) is 0 Å². The molecule has 2 amide bonds. The van der Waals surface area contributed by atoms with Crippen LogP contribution in [0.15, 0.2) is 46.9 Å². The molecular weight excluding hydrogens is 418 g/mol. The molecule has 2 aromatic rings. The van der Waals surface area contributed by atoms with Crippen LogP contribution in [0.4, 0.5) is 11.4 Å². The third kappa shape index (κ3) is 5.83. The van der Waals surface area contributed by atoms with E-state index in [4.69, 9.17) is 11.6 Å². The highest BCUT2D eigenvalue weighted by Crippen LogP contribution is 2.20. The van der Waals surface area contributed by atoms with Crippen molar-refractivity contribution in [1.29, 1.82) is 0 Å². The first-order valence-electron chi connectivity index (χ1n) is 8.09. The lowest BCUT2D eigenvalue weighted by atomic mass is 10.2. The SMILES string of the molecule is Cc1cc(Br)ccc1NC(=O)CN(C)C(C)C(=O)Nc1ccc(Cl)cc1. The molecule has 0 spiro atoms. The number of aryl methyl sites for hydroxylation is 1. The van der Waals surface area contributed by atoms with Crippen molar-refractivity contribution in [1.82, 2.24) is 4.90 Å². The summed E-state index contributed by atoms with van der Waals surface area (Å²) in [4.78, 5) is 26.3. The molecule has 0 aromatic heterocycles. The summed E-state index contributed by atoms with van der Waals surface area (Å²) in [5, 5.41) is 6.29. The molecule has 0 aliphatic heterocycles. The first-order valence-corrected chi connectivity index (χ1v) is 9.26. The minimum atomic E-state index is -0.470. The molecule has 0 heterocycles. The number of hydrogen-bond acceptors (Lipinski definition) is 3. The summed E-state index contributed by atoms with van der Waals surface area (Å²) in [6.07, 6.45) is 0. The van der Waals surface area contributed by atoms with Crippen LogP contribution in [-0.4, -0.2) is 36.3 Å². The molecule has 2 aromatic carbocycles. The molecule has 26 heavy (non-hydrogen) atoms. The zero-order valence-electron chi connectivity index (χ0n) is 14.8. The zero-order chi connectivity index (χ0) is 19.3. The Kier molecular flexibility index (Phi) is 7.20. The molecule has 7 heteroatoms. The van der Waals surface area contributed by atoms with E-state index >= 15 is 0 Å². The number of nitrogens with one attached hydrogen (secondary N) is 2. The third-order valence-corrected chi connectivity index (χ3v) is 4.75. The Morgan fingerprint density at radius 1 is 1.15 bits per heavy atom. The Labute approximate surface area is 166 Å². The number of carbonyl (C=O) groups is 2. The second-order valence-electron chi connectivity index (χ2n) is 6.09. The van der Waals surface area contributed by atoms with E-state index in [1.807, 2.05) is 25.1 Å². The van der Waals surface area contributed by atoms with Crippen LogP contribution in [-0.2, 0) is 9.59 Å². The molecule has 1 unspecified atom stereocenters. The number of carbonyl (C=O) groups excluding carboxylic acids is 2. The molecule has 2 N–H and O–H groups in total. The van der Waals surface area contributed by atoms with E-state index in [0.717, 1.165) is 15.7 Å². The van der Waals surface area contributed by atoms with Gasteiger partial charge in [0.2, 0.25) is 11.8 Å². The normalized spacial score (nSPS) is 11.9. The molecular formula is C19H21BrClN3O2. The summed E-state index contributed by atoms with van der Waals surface area (Å²) in [6.45, 7) is 3.78. The van der Waals surface area contributed by atoms with Gasteiger partial charge in [0.05, 0.1) is 12.6 Å². The molecule has 0 aliphatic rings. The molecule has 1 atom stereocenters. The molecule has 0 saturated heterocycles. The first-order chi connectivity index (χ1) is 12.3. The first kappa shape index (κ1) is 20.4. The largest absolute Gasteiger partial charge is 0.325 e. The van der Waals surface area contributed by atoms with Crippen molar-refractivity contribution in [3.63, 3.8) is 0 Å². The average Bonchev–Trinajstić information content (AvgIpc) is 2.58. The van der Waals surface area contributed by atoms with E-state index < -0.39 is 6.04 Å². The molecule has 0 saturated carbocycles. The van der Waals surface area contributed by atoms with Gasteiger partial charge in [-0.25, -0.2) is 0 Å². The van der Waals surface area contributed by atoms with E-state index in [-0.39, 0.29) is 18.4 Å². The van der Waals surface area contributed by atoms with E-state index in [1.54, 1.807) is 43.1 Å². The Morgan fingerprint density at radius 3 is 2.42 bits per heavy atom. The minimum Gasteiger partial charge on any atom is -0.325 e. The molecule has 5 nitrogen and oxygen atoms in total. The van der Waals surface area contributed by atoms with Crippen LogP contribution >= 0.6 is 27.5 Å². The zero-order valence-corrected chi connectivity index (χ0v) is 17.2. The Hall–Kier alpha value is -1.89. The number of anilines is 2. The monoisotopic (exact) mass is 437 g/mol. The fraction of sp³-hybridized carbons (Fsp3) is 0.263. The lowest BCUT2D eigenvalue weighted by Gasteiger charge is -2.23. The summed E-state index contributed by atoms with van der Waals surface area (Å²) < 4.78 is 0.956.